The van der Waals surface area contributed by atoms with E-state index in [1.807, 2.05) is 13.8 Å². The first-order chi connectivity index (χ1) is 19.0. The Balaban J connectivity index is 1.50. The summed E-state index contributed by atoms with van der Waals surface area (Å²) in [5.74, 6) is -0.993. The molecule has 3 aromatic rings. The van der Waals surface area contributed by atoms with Gasteiger partial charge < -0.3 is 15.6 Å². The minimum atomic E-state index is -0.956. The Morgan fingerprint density at radius 1 is 1.38 bits per heavy atom. The first-order valence-corrected chi connectivity index (χ1v) is 14.7. The molecule has 3 N–H and O–H groups in total. The van der Waals surface area contributed by atoms with Crippen molar-refractivity contribution in [1.29, 1.82) is 5.26 Å². The largest absolute Gasteiger partial charge is 0.384 e. The van der Waals surface area contributed by atoms with Crippen molar-refractivity contribution in [2.75, 3.05) is 16.0 Å². The Morgan fingerprint density at radius 3 is 2.85 bits per heavy atom. The summed E-state index contributed by atoms with van der Waals surface area (Å²) in [4.78, 5) is 27.5. The molecule has 14 heteroatoms. The van der Waals surface area contributed by atoms with E-state index in [0.29, 0.717) is 43.2 Å². The number of anilines is 2. The highest BCUT2D eigenvalue weighted by atomic mass is 79.9. The van der Waals surface area contributed by atoms with Gasteiger partial charge in [-0.25, -0.2) is 4.39 Å². The maximum Gasteiger partial charge on any atom is 0.236 e. The van der Waals surface area contributed by atoms with Crippen LogP contribution >= 0.6 is 39.0 Å². The van der Waals surface area contributed by atoms with Crippen molar-refractivity contribution in [3.63, 3.8) is 0 Å². The first-order valence-electron chi connectivity index (χ1n) is 12.1. The van der Waals surface area contributed by atoms with Crippen molar-refractivity contribution in [3.8, 4) is 6.07 Å². The average molecular weight is 645 g/mol. The van der Waals surface area contributed by atoms with Gasteiger partial charge in [0.1, 0.15) is 17.4 Å². The smallest absolute Gasteiger partial charge is 0.236 e. The number of nitrogens with one attached hydrogen (secondary N) is 1. The monoisotopic (exact) mass is 643 g/mol. The third-order valence-corrected chi connectivity index (χ3v) is 8.99. The van der Waals surface area contributed by atoms with Crippen LogP contribution in [0.5, 0.6) is 0 Å². The van der Waals surface area contributed by atoms with Crippen molar-refractivity contribution in [1.82, 2.24) is 15.4 Å². The molecule has 0 radical (unpaired) electrons. The second-order valence-electron chi connectivity index (χ2n) is 10.2. The zero-order valence-corrected chi connectivity index (χ0v) is 24.8. The number of rotatable bonds is 6. The number of aromatic nitrogens is 3. The summed E-state index contributed by atoms with van der Waals surface area (Å²) in [6.45, 7) is 5.66. The van der Waals surface area contributed by atoms with E-state index in [1.54, 1.807) is 30.0 Å². The van der Waals surface area contributed by atoms with Crippen LogP contribution in [-0.4, -0.2) is 32.8 Å². The molecule has 40 heavy (non-hydrogen) atoms. The molecule has 0 saturated carbocycles. The highest BCUT2D eigenvalue weighted by molar-refractivity contribution is 9.10. The number of carbonyl (C=O) groups excluding carboxylic acids is 2. The highest BCUT2D eigenvalue weighted by Gasteiger charge is 2.46. The van der Waals surface area contributed by atoms with Crippen LogP contribution < -0.4 is 16.0 Å². The number of carbonyl (C=O) groups is 2. The average Bonchev–Trinajstić information content (AvgIpc) is 3.51. The van der Waals surface area contributed by atoms with Crippen molar-refractivity contribution in [2.45, 2.75) is 43.9 Å². The molecule has 0 saturated heterocycles. The lowest BCUT2D eigenvalue weighted by Crippen LogP contribution is -2.42. The van der Waals surface area contributed by atoms with Gasteiger partial charge in [0.2, 0.25) is 11.0 Å². The fourth-order valence-electron chi connectivity index (χ4n) is 4.86. The number of nitriles is 1. The van der Waals surface area contributed by atoms with Gasteiger partial charge in [-0.15, -0.1) is 10.2 Å². The predicted molar refractivity (Wildman–Crippen MR) is 152 cm³/mol. The van der Waals surface area contributed by atoms with E-state index in [0.717, 1.165) is 0 Å². The third kappa shape index (κ3) is 5.41. The summed E-state index contributed by atoms with van der Waals surface area (Å²) in [7, 11) is 0. The van der Waals surface area contributed by atoms with Gasteiger partial charge in [-0.1, -0.05) is 58.0 Å². The molecule has 1 atom stereocenters. The van der Waals surface area contributed by atoms with E-state index in [-0.39, 0.29) is 40.8 Å². The van der Waals surface area contributed by atoms with E-state index in [1.165, 1.54) is 29.2 Å². The number of hydrogen-bond donors (Lipinski definition) is 2. The second kappa shape index (κ2) is 10.8. The number of benzene rings is 1. The Bertz CT molecular complexity index is 1640. The standard InChI is InChI=1S/C26H23BrFN7O3S2/c1-12-6-19(34-38-12)31-20(37)11-39-25-33-32-24(40-25)35-17-8-26(2,3)9-18(36)22(17)21(15(10-29)23(35)30)14-7-13(27)4-5-16(14)28/h4-7,21H,8-9,11,30H2,1-3H3,(H,31,34,37). The molecule has 0 fully saturated rings. The molecule has 0 bridgehead atoms. The van der Waals surface area contributed by atoms with Crippen LogP contribution in [-0.2, 0) is 9.59 Å². The van der Waals surface area contributed by atoms with E-state index < -0.39 is 17.2 Å². The van der Waals surface area contributed by atoms with E-state index >= 15 is 4.39 Å². The van der Waals surface area contributed by atoms with Gasteiger partial charge in [0.25, 0.3) is 0 Å². The van der Waals surface area contributed by atoms with Gasteiger partial charge in [-0.05, 0) is 37.0 Å². The summed E-state index contributed by atoms with van der Waals surface area (Å²) in [6.07, 6.45) is 0.684. The normalized spacial score (nSPS) is 18.6. The lowest BCUT2D eigenvalue weighted by Gasteiger charge is -2.42. The summed E-state index contributed by atoms with van der Waals surface area (Å²) < 4.78 is 21.2. The number of halogens is 2. The van der Waals surface area contributed by atoms with Crippen molar-refractivity contribution in [3.05, 3.63) is 68.5 Å². The van der Waals surface area contributed by atoms with Crippen LogP contribution in [0.2, 0.25) is 0 Å². The maximum absolute atomic E-state index is 15.1. The summed E-state index contributed by atoms with van der Waals surface area (Å²) >= 11 is 5.71. The highest BCUT2D eigenvalue weighted by Crippen LogP contribution is 2.51. The molecular weight excluding hydrogens is 621 g/mol. The topological polar surface area (TPSA) is 151 Å². The van der Waals surface area contributed by atoms with Crippen LogP contribution in [0.4, 0.5) is 15.3 Å². The second-order valence-corrected chi connectivity index (χ2v) is 13.3. The molecule has 1 aliphatic heterocycles. The fourth-order valence-corrected chi connectivity index (χ4v) is 6.92. The zero-order chi connectivity index (χ0) is 28.8. The van der Waals surface area contributed by atoms with Gasteiger partial charge >= 0.3 is 0 Å². The minimum Gasteiger partial charge on any atom is -0.384 e. The van der Waals surface area contributed by atoms with Gasteiger partial charge in [0.05, 0.1) is 23.3 Å². The van der Waals surface area contributed by atoms with Crippen LogP contribution in [0.25, 0.3) is 0 Å². The minimum absolute atomic E-state index is 0.0407. The summed E-state index contributed by atoms with van der Waals surface area (Å²) in [5, 5.41) is 25.4. The van der Waals surface area contributed by atoms with Gasteiger partial charge in [0.15, 0.2) is 15.9 Å². The molecule has 1 unspecified atom stereocenters. The number of hydrogen-bond acceptors (Lipinski definition) is 11. The SMILES string of the molecule is Cc1cc(NC(=O)CSc2nnc(N3C(N)=C(C#N)C(c4cc(Br)ccc4F)C4=C3CC(C)(C)CC4=O)s2)no1. The van der Waals surface area contributed by atoms with Crippen LogP contribution in [0.1, 0.15) is 43.9 Å². The molecule has 206 valence electrons. The lowest BCUT2D eigenvalue weighted by molar-refractivity contribution is -0.118. The number of thioether (sulfide) groups is 1. The van der Waals surface area contributed by atoms with Crippen molar-refractivity contribution >= 4 is 61.7 Å². The quantitative estimate of drug-likeness (QED) is 0.334. The molecule has 1 aliphatic carbocycles. The molecule has 10 nitrogen and oxygen atoms in total. The van der Waals surface area contributed by atoms with Gasteiger partial charge in [0, 0.05) is 33.8 Å². The number of aryl methyl sites for hydroxylation is 1. The van der Waals surface area contributed by atoms with Gasteiger partial charge in [-0.2, -0.15) is 5.26 Å². The van der Waals surface area contributed by atoms with Gasteiger partial charge in [-0.3, -0.25) is 14.5 Å². The first kappa shape index (κ1) is 28.0. The third-order valence-electron chi connectivity index (χ3n) is 6.46. The van der Waals surface area contributed by atoms with E-state index in [4.69, 9.17) is 10.3 Å². The number of Topliss-reactive ketones (excluding diaryl/α,β-unsaturated/α-hetero) is 1. The molecule has 2 aromatic heterocycles. The molecule has 5 rings (SSSR count). The number of amides is 1. The number of nitrogens with two attached hydrogens (primary N) is 1. The Hall–Kier alpha value is -3.54. The zero-order valence-electron chi connectivity index (χ0n) is 21.6. The number of ketones is 1. The fraction of sp³-hybridized carbons (Fsp3) is 0.308. The Labute approximate surface area is 245 Å². The summed E-state index contributed by atoms with van der Waals surface area (Å²) in [5.41, 5.74) is 7.33. The molecule has 1 amide bonds. The number of nitrogens with zero attached hydrogens (tertiary/aromatic N) is 5. The van der Waals surface area contributed by atoms with Crippen LogP contribution in [0.3, 0.4) is 0 Å². The molecule has 0 spiro atoms. The van der Waals surface area contributed by atoms with Crippen LogP contribution in [0, 0.1) is 29.5 Å². The number of allylic oxidation sites excluding steroid dienone is 3. The molecule has 3 heterocycles. The van der Waals surface area contributed by atoms with E-state index in [9.17, 15) is 14.9 Å². The molecule has 2 aliphatic rings. The van der Waals surface area contributed by atoms with Crippen molar-refractivity contribution < 1.29 is 18.5 Å². The van der Waals surface area contributed by atoms with E-state index in [2.05, 4.69) is 42.7 Å². The van der Waals surface area contributed by atoms with Crippen molar-refractivity contribution in [2.24, 2.45) is 11.1 Å². The molecular formula is C26H23BrFN7O3S2. The maximum atomic E-state index is 15.1. The predicted octanol–water partition coefficient (Wildman–Crippen LogP) is 5.41. The Kier molecular flexibility index (Phi) is 7.56. The lowest BCUT2D eigenvalue weighted by atomic mass is 9.68. The van der Waals surface area contributed by atoms with Crippen LogP contribution in [0.15, 0.2) is 60.3 Å². The molecule has 1 aromatic carbocycles. The summed E-state index contributed by atoms with van der Waals surface area (Å²) in [6, 6.07) is 8.15. The Morgan fingerprint density at radius 2 is 2.15 bits per heavy atom.